The van der Waals surface area contributed by atoms with Crippen LogP contribution in [0, 0.1) is 24.0 Å². The molecule has 0 atom stereocenters. The molecule has 0 radical (unpaired) electrons. The van der Waals surface area contributed by atoms with Gasteiger partial charge < -0.3 is 9.67 Å². The minimum absolute atomic E-state index is 0.00791. The molecule has 1 aliphatic heterocycles. The van der Waals surface area contributed by atoms with E-state index < -0.39 is 23.3 Å². The first kappa shape index (κ1) is 19.8. The summed E-state index contributed by atoms with van der Waals surface area (Å²) < 4.78 is 2.14. The van der Waals surface area contributed by atoms with Gasteiger partial charge in [0.2, 0.25) is 0 Å². The number of benzene rings is 1. The third kappa shape index (κ3) is 3.69. The first-order valence-electron chi connectivity index (χ1n) is 8.10. The number of aliphatic carboxylic acids is 1. The first-order valence-corrected chi connectivity index (χ1v) is 9.32. The molecule has 10 heteroatoms. The number of aryl methyl sites for hydroxylation is 1. The van der Waals surface area contributed by atoms with E-state index in [1.165, 1.54) is 12.1 Å². The zero-order valence-electron chi connectivity index (χ0n) is 14.9. The smallest absolute Gasteiger partial charge is 0.323 e. The highest BCUT2D eigenvalue weighted by atomic mass is 32.2. The number of hydrogen-bond acceptors (Lipinski definition) is 6. The Hall–Kier alpha value is -2.98. The van der Waals surface area contributed by atoms with Crippen LogP contribution in [0.1, 0.15) is 17.0 Å². The SMILES string of the molecule is Cc1cc(/C=C2/SC(=S)N(CC(=O)O)C2=O)c(C)n1-c1ccc([N+](=O)[O-])cc1. The summed E-state index contributed by atoms with van der Waals surface area (Å²) in [5.74, 6) is -1.56. The molecule has 1 saturated heterocycles. The first-order chi connectivity index (χ1) is 13.2. The Morgan fingerprint density at radius 1 is 1.32 bits per heavy atom. The highest BCUT2D eigenvalue weighted by Gasteiger charge is 2.33. The lowest BCUT2D eigenvalue weighted by Crippen LogP contribution is -2.33. The molecule has 1 N–H and O–H groups in total. The Morgan fingerprint density at radius 2 is 1.96 bits per heavy atom. The van der Waals surface area contributed by atoms with Crippen LogP contribution in [-0.4, -0.2) is 42.2 Å². The minimum atomic E-state index is -1.13. The third-order valence-electron chi connectivity index (χ3n) is 4.24. The van der Waals surface area contributed by atoms with Gasteiger partial charge in [0.25, 0.3) is 11.6 Å². The number of amides is 1. The summed E-state index contributed by atoms with van der Waals surface area (Å²) in [6, 6.07) is 8.08. The van der Waals surface area contributed by atoms with E-state index in [0.717, 1.165) is 39.3 Å². The van der Waals surface area contributed by atoms with E-state index in [4.69, 9.17) is 17.3 Å². The van der Waals surface area contributed by atoms with E-state index in [-0.39, 0.29) is 10.0 Å². The fraction of sp³-hybridized carbons (Fsp3) is 0.167. The van der Waals surface area contributed by atoms with Crippen molar-refractivity contribution >= 4 is 51.9 Å². The lowest BCUT2D eigenvalue weighted by Gasteiger charge is -2.10. The van der Waals surface area contributed by atoms with Crippen molar-refractivity contribution in [2.24, 2.45) is 0 Å². The van der Waals surface area contributed by atoms with Crippen LogP contribution >= 0.6 is 24.0 Å². The second-order valence-corrected chi connectivity index (χ2v) is 7.77. The van der Waals surface area contributed by atoms with Crippen LogP contribution in [0.25, 0.3) is 11.8 Å². The predicted octanol–water partition coefficient (Wildman–Crippen LogP) is 3.29. The van der Waals surface area contributed by atoms with Crippen LogP contribution in [-0.2, 0) is 9.59 Å². The number of carboxylic acid groups (broad SMARTS) is 1. The molecule has 3 rings (SSSR count). The molecular formula is C18H15N3O5S2. The number of thioether (sulfide) groups is 1. The number of thiocarbonyl (C=S) groups is 1. The Labute approximate surface area is 169 Å². The summed E-state index contributed by atoms with van der Waals surface area (Å²) in [6.45, 7) is 3.30. The van der Waals surface area contributed by atoms with Crippen molar-refractivity contribution in [3.05, 3.63) is 62.3 Å². The molecule has 28 heavy (non-hydrogen) atoms. The van der Waals surface area contributed by atoms with Crippen molar-refractivity contribution in [2.75, 3.05) is 6.54 Å². The quantitative estimate of drug-likeness (QED) is 0.344. The van der Waals surface area contributed by atoms with Gasteiger partial charge in [0, 0.05) is 29.2 Å². The van der Waals surface area contributed by atoms with Crippen LogP contribution in [0.4, 0.5) is 5.69 Å². The van der Waals surface area contributed by atoms with Crippen molar-refractivity contribution in [1.29, 1.82) is 0 Å². The summed E-state index contributed by atoms with van der Waals surface area (Å²) in [4.78, 5) is 35.2. The third-order valence-corrected chi connectivity index (χ3v) is 5.62. The van der Waals surface area contributed by atoms with Crippen molar-refractivity contribution in [2.45, 2.75) is 13.8 Å². The van der Waals surface area contributed by atoms with Gasteiger partial charge in [0.15, 0.2) is 0 Å². The molecule has 2 heterocycles. The molecule has 2 aromatic rings. The zero-order valence-corrected chi connectivity index (χ0v) is 16.5. The van der Waals surface area contributed by atoms with E-state index in [9.17, 15) is 19.7 Å². The van der Waals surface area contributed by atoms with Crippen LogP contribution in [0.5, 0.6) is 0 Å². The number of carbonyl (C=O) groups excluding carboxylic acids is 1. The van der Waals surface area contributed by atoms with Gasteiger partial charge in [0.05, 0.1) is 9.83 Å². The van der Waals surface area contributed by atoms with Gasteiger partial charge in [-0.1, -0.05) is 24.0 Å². The summed E-state index contributed by atoms with van der Waals surface area (Å²) in [5.41, 5.74) is 3.28. The number of hydrogen-bond donors (Lipinski definition) is 1. The summed E-state index contributed by atoms with van der Waals surface area (Å²) in [5, 5.41) is 19.8. The van der Waals surface area contributed by atoms with Gasteiger partial charge in [-0.05, 0) is 43.7 Å². The van der Waals surface area contributed by atoms with Gasteiger partial charge in [-0.3, -0.25) is 24.6 Å². The van der Waals surface area contributed by atoms with E-state index in [2.05, 4.69) is 0 Å². The van der Waals surface area contributed by atoms with Gasteiger partial charge in [0.1, 0.15) is 10.9 Å². The Kier molecular flexibility index (Phi) is 5.34. The molecule has 144 valence electrons. The number of non-ortho nitro benzene ring substituents is 1. The topological polar surface area (TPSA) is 106 Å². The second-order valence-electron chi connectivity index (χ2n) is 6.10. The molecule has 0 bridgehead atoms. The summed E-state index contributed by atoms with van der Waals surface area (Å²) in [6.07, 6.45) is 1.69. The number of nitro benzene ring substituents is 1. The number of rotatable bonds is 5. The largest absolute Gasteiger partial charge is 0.480 e. The van der Waals surface area contributed by atoms with Crippen molar-refractivity contribution < 1.29 is 19.6 Å². The van der Waals surface area contributed by atoms with Crippen molar-refractivity contribution in [1.82, 2.24) is 9.47 Å². The van der Waals surface area contributed by atoms with Gasteiger partial charge >= 0.3 is 5.97 Å². The molecule has 1 amide bonds. The maximum atomic E-state index is 12.4. The fourth-order valence-corrected chi connectivity index (χ4v) is 4.21. The molecule has 1 aliphatic rings. The second kappa shape index (κ2) is 7.56. The molecule has 1 aromatic heterocycles. The zero-order chi connectivity index (χ0) is 20.6. The van der Waals surface area contributed by atoms with Crippen molar-refractivity contribution in [3.63, 3.8) is 0 Å². The molecule has 0 aliphatic carbocycles. The van der Waals surface area contributed by atoms with Crippen LogP contribution in [0.3, 0.4) is 0 Å². The number of aromatic nitrogens is 1. The lowest BCUT2D eigenvalue weighted by molar-refractivity contribution is -0.384. The van der Waals surface area contributed by atoms with Crippen LogP contribution in [0.15, 0.2) is 35.2 Å². The molecule has 1 fully saturated rings. The van der Waals surface area contributed by atoms with Crippen LogP contribution < -0.4 is 0 Å². The number of carboxylic acids is 1. The number of nitro groups is 1. The van der Waals surface area contributed by atoms with E-state index in [1.54, 1.807) is 18.2 Å². The molecular weight excluding hydrogens is 402 g/mol. The Bertz CT molecular complexity index is 1040. The molecule has 0 spiro atoms. The van der Waals surface area contributed by atoms with Gasteiger partial charge in [-0.15, -0.1) is 0 Å². The molecule has 0 unspecified atom stereocenters. The van der Waals surface area contributed by atoms with Crippen molar-refractivity contribution in [3.8, 4) is 5.69 Å². The maximum absolute atomic E-state index is 12.4. The fourth-order valence-electron chi connectivity index (χ4n) is 2.97. The molecule has 8 nitrogen and oxygen atoms in total. The Morgan fingerprint density at radius 3 is 2.54 bits per heavy atom. The average Bonchev–Trinajstić information content (AvgIpc) is 3.05. The van der Waals surface area contributed by atoms with Gasteiger partial charge in [-0.25, -0.2) is 0 Å². The summed E-state index contributed by atoms with van der Waals surface area (Å²) in [7, 11) is 0. The molecule has 1 aromatic carbocycles. The summed E-state index contributed by atoms with van der Waals surface area (Å²) >= 11 is 6.17. The monoisotopic (exact) mass is 417 g/mol. The lowest BCUT2D eigenvalue weighted by atomic mass is 10.2. The molecule has 0 saturated carbocycles. The highest BCUT2D eigenvalue weighted by molar-refractivity contribution is 8.26. The van der Waals surface area contributed by atoms with E-state index in [1.807, 2.05) is 24.5 Å². The minimum Gasteiger partial charge on any atom is -0.480 e. The van der Waals surface area contributed by atoms with E-state index >= 15 is 0 Å². The number of carbonyl (C=O) groups is 2. The predicted molar refractivity (Wildman–Crippen MR) is 109 cm³/mol. The van der Waals surface area contributed by atoms with E-state index in [0.29, 0.717) is 4.91 Å². The average molecular weight is 417 g/mol. The normalized spacial score (nSPS) is 15.5. The van der Waals surface area contributed by atoms with Gasteiger partial charge in [-0.2, -0.15) is 0 Å². The highest BCUT2D eigenvalue weighted by Crippen LogP contribution is 2.34. The standard InChI is InChI=1S/C18H15N3O5S2/c1-10-7-12(8-15-17(24)19(9-16(22)23)18(27)28-15)11(2)20(10)13-3-5-14(6-4-13)21(25)26/h3-8H,9H2,1-2H3,(H,22,23)/b15-8+. The maximum Gasteiger partial charge on any atom is 0.323 e. The Balaban J connectivity index is 1.95. The number of nitrogens with zero attached hydrogens (tertiary/aromatic N) is 3. The van der Waals surface area contributed by atoms with Crippen LogP contribution in [0.2, 0.25) is 0 Å².